The maximum Gasteiger partial charge on any atom is 0.122 e. The molecule has 1 unspecified atom stereocenters. The van der Waals surface area contributed by atoms with E-state index in [1.165, 1.54) is 27.9 Å². The highest BCUT2D eigenvalue weighted by Gasteiger charge is 2.21. The summed E-state index contributed by atoms with van der Waals surface area (Å²) < 4.78 is 13.2. The monoisotopic (exact) mass is 325 g/mol. The molecule has 1 fully saturated rings. The summed E-state index contributed by atoms with van der Waals surface area (Å²) in [6.07, 6.45) is 5.36. The number of H-pyrrole nitrogens is 1. The van der Waals surface area contributed by atoms with Crippen molar-refractivity contribution in [3.8, 4) is 0 Å². The molecule has 4 heteroatoms. The zero-order valence-corrected chi connectivity index (χ0v) is 14.1. The van der Waals surface area contributed by atoms with Crippen molar-refractivity contribution in [2.45, 2.75) is 26.1 Å². The number of benzene rings is 1. The van der Waals surface area contributed by atoms with Gasteiger partial charge in [0.2, 0.25) is 0 Å². The van der Waals surface area contributed by atoms with Gasteiger partial charge in [-0.25, -0.2) is 4.39 Å². The Balaban J connectivity index is 1.41. The summed E-state index contributed by atoms with van der Waals surface area (Å²) >= 11 is 0. The fourth-order valence-corrected chi connectivity index (χ4v) is 3.74. The summed E-state index contributed by atoms with van der Waals surface area (Å²) in [5, 5.41) is 1.34. The Morgan fingerprint density at radius 2 is 1.96 bits per heavy atom. The van der Waals surface area contributed by atoms with E-state index in [0.29, 0.717) is 6.42 Å². The van der Waals surface area contributed by atoms with Gasteiger partial charge < -0.3 is 9.88 Å². The summed E-state index contributed by atoms with van der Waals surface area (Å²) in [6, 6.07) is 8.53. The Morgan fingerprint density at radius 1 is 1.17 bits per heavy atom. The normalized spacial score (nSPS) is 22.2. The van der Waals surface area contributed by atoms with Crippen LogP contribution in [-0.4, -0.2) is 47.1 Å². The number of aryl methyl sites for hydroxylation is 1. The smallest absolute Gasteiger partial charge is 0.122 e. The fraction of sp³-hybridized carbons (Fsp3) is 0.400. The number of nitrogens with zero attached hydrogens (tertiary/aromatic N) is 2. The third-order valence-electron chi connectivity index (χ3n) is 5.17. The molecule has 1 N–H and O–H groups in total. The van der Waals surface area contributed by atoms with Crippen LogP contribution < -0.4 is 0 Å². The predicted molar refractivity (Wildman–Crippen MR) is 96.6 cm³/mol. The van der Waals surface area contributed by atoms with Crippen molar-refractivity contribution in [1.82, 2.24) is 14.8 Å². The highest BCUT2D eigenvalue weighted by molar-refractivity contribution is 5.84. The van der Waals surface area contributed by atoms with Crippen LogP contribution >= 0.6 is 0 Å². The first-order valence-corrected chi connectivity index (χ1v) is 8.76. The molecule has 0 amide bonds. The lowest BCUT2D eigenvalue weighted by atomic mass is 10.1. The summed E-state index contributed by atoms with van der Waals surface area (Å²) in [4.78, 5) is 8.38. The van der Waals surface area contributed by atoms with Crippen molar-refractivity contribution in [1.29, 1.82) is 0 Å². The minimum Gasteiger partial charge on any atom is -0.369 e. The second kappa shape index (κ2) is 6.44. The average molecular weight is 325 g/mol. The molecular weight excluding hydrogens is 301 g/mol. The SMILES string of the molecule is Cc1[nH]c2ccccc2c1CN1CCN(C2=CCC(F)C=C2)CC1. The number of rotatable bonds is 3. The molecule has 0 saturated carbocycles. The second-order valence-electron chi connectivity index (χ2n) is 6.78. The van der Waals surface area contributed by atoms with E-state index in [1.807, 2.05) is 12.2 Å². The van der Waals surface area contributed by atoms with Gasteiger partial charge >= 0.3 is 0 Å². The van der Waals surface area contributed by atoms with E-state index in [2.05, 4.69) is 46.0 Å². The first-order chi connectivity index (χ1) is 11.7. The predicted octanol–water partition coefficient (Wildman–Crippen LogP) is 3.78. The van der Waals surface area contributed by atoms with Crippen LogP contribution in [0.15, 0.2) is 48.2 Å². The largest absolute Gasteiger partial charge is 0.369 e. The van der Waals surface area contributed by atoms with E-state index in [0.717, 1.165) is 32.7 Å². The molecule has 1 atom stereocenters. The molecular formula is C20H24FN3. The molecule has 24 heavy (non-hydrogen) atoms. The summed E-state index contributed by atoms with van der Waals surface area (Å²) in [6.45, 7) is 7.26. The van der Waals surface area contributed by atoms with Gasteiger partial charge in [-0.1, -0.05) is 24.3 Å². The van der Waals surface area contributed by atoms with Crippen molar-refractivity contribution >= 4 is 10.9 Å². The molecule has 0 radical (unpaired) electrons. The highest BCUT2D eigenvalue weighted by atomic mass is 19.1. The topological polar surface area (TPSA) is 22.3 Å². The number of fused-ring (bicyclic) bond motifs is 1. The number of nitrogens with one attached hydrogen (secondary N) is 1. The molecule has 1 aliphatic heterocycles. The molecule has 0 spiro atoms. The van der Waals surface area contributed by atoms with Gasteiger partial charge in [0.1, 0.15) is 6.17 Å². The summed E-state index contributed by atoms with van der Waals surface area (Å²) in [5.41, 5.74) is 5.09. The van der Waals surface area contributed by atoms with Crippen molar-refractivity contribution in [3.05, 3.63) is 59.4 Å². The van der Waals surface area contributed by atoms with Crippen molar-refractivity contribution in [2.75, 3.05) is 26.2 Å². The van der Waals surface area contributed by atoms with E-state index >= 15 is 0 Å². The second-order valence-corrected chi connectivity index (χ2v) is 6.78. The molecule has 3 nitrogen and oxygen atoms in total. The van der Waals surface area contributed by atoms with Gasteiger partial charge in [0.25, 0.3) is 0 Å². The van der Waals surface area contributed by atoms with E-state index < -0.39 is 6.17 Å². The number of aromatic nitrogens is 1. The van der Waals surface area contributed by atoms with Crippen molar-refractivity contribution < 1.29 is 4.39 Å². The average Bonchev–Trinajstić information content (AvgIpc) is 2.92. The standard InChI is InChI=1S/C20H24FN3/c1-15-19(18-4-2-3-5-20(18)22-15)14-23-10-12-24(13-11-23)17-8-6-16(21)7-9-17/h2-6,8-9,16,22H,7,10-14H2,1H3. The van der Waals surface area contributed by atoms with Crippen LogP contribution in [0.4, 0.5) is 4.39 Å². The maximum absolute atomic E-state index is 13.2. The van der Waals surface area contributed by atoms with E-state index in [4.69, 9.17) is 0 Å². The minimum atomic E-state index is -0.806. The van der Waals surface area contributed by atoms with E-state index in [1.54, 1.807) is 6.08 Å². The highest BCUT2D eigenvalue weighted by Crippen LogP contribution is 2.24. The third kappa shape index (κ3) is 2.98. The molecule has 4 rings (SSSR count). The Bertz CT molecular complexity index is 781. The van der Waals surface area contributed by atoms with Crippen LogP contribution in [0.5, 0.6) is 0 Å². The Labute approximate surface area is 142 Å². The quantitative estimate of drug-likeness (QED) is 0.928. The molecule has 2 aliphatic rings. The molecule has 2 aromatic rings. The molecule has 1 aliphatic carbocycles. The third-order valence-corrected chi connectivity index (χ3v) is 5.17. The van der Waals surface area contributed by atoms with Crippen LogP contribution in [0.3, 0.4) is 0 Å². The molecule has 2 heterocycles. The minimum absolute atomic E-state index is 0.514. The first kappa shape index (κ1) is 15.5. The van der Waals surface area contributed by atoms with Gasteiger partial charge in [-0.15, -0.1) is 0 Å². The van der Waals surface area contributed by atoms with Crippen LogP contribution in [0, 0.1) is 6.92 Å². The lowest BCUT2D eigenvalue weighted by Crippen LogP contribution is -2.45. The summed E-state index contributed by atoms with van der Waals surface area (Å²) in [5.74, 6) is 0. The van der Waals surface area contributed by atoms with Gasteiger partial charge in [-0.05, 0) is 30.7 Å². The maximum atomic E-state index is 13.2. The number of hydrogen-bond donors (Lipinski definition) is 1. The lowest BCUT2D eigenvalue weighted by molar-refractivity contribution is 0.155. The van der Waals surface area contributed by atoms with Crippen molar-refractivity contribution in [3.63, 3.8) is 0 Å². The van der Waals surface area contributed by atoms with Crippen LogP contribution in [0.1, 0.15) is 17.7 Å². The van der Waals surface area contributed by atoms with Crippen molar-refractivity contribution in [2.24, 2.45) is 0 Å². The number of piperazine rings is 1. The van der Waals surface area contributed by atoms with E-state index in [-0.39, 0.29) is 0 Å². The molecule has 1 aromatic heterocycles. The zero-order valence-electron chi connectivity index (χ0n) is 14.1. The zero-order chi connectivity index (χ0) is 16.5. The first-order valence-electron chi connectivity index (χ1n) is 8.76. The molecule has 126 valence electrons. The van der Waals surface area contributed by atoms with Gasteiger partial charge in [0.05, 0.1) is 0 Å². The fourth-order valence-electron chi connectivity index (χ4n) is 3.74. The number of hydrogen-bond acceptors (Lipinski definition) is 2. The van der Waals surface area contributed by atoms with Crippen LogP contribution in [0.25, 0.3) is 10.9 Å². The number of aromatic amines is 1. The van der Waals surface area contributed by atoms with Crippen LogP contribution in [0.2, 0.25) is 0 Å². The summed E-state index contributed by atoms with van der Waals surface area (Å²) in [7, 11) is 0. The number of halogens is 1. The number of alkyl halides is 1. The molecule has 1 saturated heterocycles. The Hall–Kier alpha value is -2.07. The number of allylic oxidation sites excluding steroid dienone is 3. The lowest BCUT2D eigenvalue weighted by Gasteiger charge is -2.37. The van der Waals surface area contributed by atoms with Gasteiger partial charge in [0, 0.05) is 61.4 Å². The Kier molecular flexibility index (Phi) is 4.15. The Morgan fingerprint density at radius 3 is 2.71 bits per heavy atom. The van der Waals surface area contributed by atoms with Crippen LogP contribution in [-0.2, 0) is 6.54 Å². The van der Waals surface area contributed by atoms with Gasteiger partial charge in [0.15, 0.2) is 0 Å². The molecule has 1 aromatic carbocycles. The van der Waals surface area contributed by atoms with E-state index in [9.17, 15) is 4.39 Å². The van der Waals surface area contributed by atoms with Gasteiger partial charge in [-0.2, -0.15) is 0 Å². The number of para-hydroxylation sites is 1. The molecule has 0 bridgehead atoms. The van der Waals surface area contributed by atoms with Gasteiger partial charge in [-0.3, -0.25) is 4.90 Å².